The maximum absolute atomic E-state index is 4.05. The van der Waals surface area contributed by atoms with Crippen LogP contribution in [0.4, 0.5) is 0 Å². The molecule has 0 fully saturated rings. The predicted molar refractivity (Wildman–Crippen MR) is 52.4 cm³/mol. The van der Waals surface area contributed by atoms with Gasteiger partial charge >= 0.3 is 0 Å². The van der Waals surface area contributed by atoms with E-state index < -0.39 is 0 Å². The lowest BCUT2D eigenvalue weighted by Gasteiger charge is -1.97. The molecular weight excluding hydrogens is 166 g/mol. The zero-order chi connectivity index (χ0) is 8.39. The standard InChI is InChI=1S/C10H8NS/c1-12-10-3-2-8-4-5-11-7-9(8)6-10/h2-5,7H,1H3. The number of thioether (sulfide) groups is 1. The second-order valence-electron chi connectivity index (χ2n) is 2.49. The molecule has 1 heterocycles. The van der Waals surface area contributed by atoms with Crippen molar-refractivity contribution in [2.24, 2.45) is 0 Å². The number of hydrogen-bond donors (Lipinski definition) is 0. The number of pyridine rings is 1. The summed E-state index contributed by atoms with van der Waals surface area (Å²) in [7, 11) is 0. The van der Waals surface area contributed by atoms with E-state index >= 15 is 0 Å². The van der Waals surface area contributed by atoms with Crippen molar-refractivity contribution < 1.29 is 0 Å². The van der Waals surface area contributed by atoms with Crippen LogP contribution in [0.25, 0.3) is 10.8 Å². The van der Waals surface area contributed by atoms with Crippen molar-refractivity contribution in [1.29, 1.82) is 0 Å². The Hall–Kier alpha value is -1.02. The summed E-state index contributed by atoms with van der Waals surface area (Å²) in [6.07, 6.45) is 5.69. The van der Waals surface area contributed by atoms with E-state index in [1.54, 1.807) is 18.0 Å². The molecule has 0 bridgehead atoms. The maximum atomic E-state index is 4.05. The van der Waals surface area contributed by atoms with Gasteiger partial charge in [0.05, 0.1) is 0 Å². The topological polar surface area (TPSA) is 12.9 Å². The Labute approximate surface area is 75.8 Å². The molecule has 0 saturated carbocycles. The van der Waals surface area contributed by atoms with Crippen LogP contribution >= 0.6 is 11.8 Å². The van der Waals surface area contributed by atoms with Gasteiger partial charge in [0, 0.05) is 28.7 Å². The van der Waals surface area contributed by atoms with Crippen LogP contribution in [0, 0.1) is 6.07 Å². The normalized spacial score (nSPS) is 10.4. The molecule has 59 valence electrons. The number of aromatic nitrogens is 1. The third-order valence-corrected chi connectivity index (χ3v) is 2.42. The average molecular weight is 174 g/mol. The van der Waals surface area contributed by atoms with Gasteiger partial charge in [0.25, 0.3) is 0 Å². The van der Waals surface area contributed by atoms with Gasteiger partial charge < -0.3 is 0 Å². The maximum Gasteiger partial charge on any atom is 0.0353 e. The Morgan fingerprint density at radius 2 is 2.25 bits per heavy atom. The fourth-order valence-electron chi connectivity index (χ4n) is 1.11. The molecule has 2 aromatic rings. The van der Waals surface area contributed by atoms with E-state index in [-0.39, 0.29) is 0 Å². The Kier molecular flexibility index (Phi) is 2.00. The lowest BCUT2D eigenvalue weighted by molar-refractivity contribution is 1.35. The molecule has 0 spiro atoms. The zero-order valence-corrected chi connectivity index (χ0v) is 7.56. The van der Waals surface area contributed by atoms with Crippen molar-refractivity contribution in [3.8, 4) is 0 Å². The molecule has 0 amide bonds. The monoisotopic (exact) mass is 174 g/mol. The van der Waals surface area contributed by atoms with Crippen LogP contribution in [0.15, 0.2) is 35.5 Å². The molecule has 2 heteroatoms. The molecule has 1 aromatic heterocycles. The van der Waals surface area contributed by atoms with Crippen LogP contribution < -0.4 is 0 Å². The SMILES string of the molecule is CSc1[c]c2cnccc2cc1. The van der Waals surface area contributed by atoms with Crippen LogP contribution in [0.2, 0.25) is 0 Å². The number of rotatable bonds is 1. The van der Waals surface area contributed by atoms with E-state index in [0.29, 0.717) is 0 Å². The first-order chi connectivity index (χ1) is 5.90. The predicted octanol–water partition coefficient (Wildman–Crippen LogP) is 2.76. The molecule has 12 heavy (non-hydrogen) atoms. The second-order valence-corrected chi connectivity index (χ2v) is 3.34. The van der Waals surface area contributed by atoms with E-state index in [0.717, 1.165) is 10.3 Å². The van der Waals surface area contributed by atoms with Gasteiger partial charge in [-0.05, 0) is 23.8 Å². The van der Waals surface area contributed by atoms with Gasteiger partial charge in [-0.15, -0.1) is 11.8 Å². The third-order valence-electron chi connectivity index (χ3n) is 1.75. The van der Waals surface area contributed by atoms with Crippen molar-refractivity contribution in [2.75, 3.05) is 6.26 Å². The Morgan fingerprint density at radius 1 is 1.33 bits per heavy atom. The minimum atomic E-state index is 1.09. The molecule has 0 atom stereocenters. The van der Waals surface area contributed by atoms with Gasteiger partial charge in [-0.1, -0.05) is 6.07 Å². The van der Waals surface area contributed by atoms with Crippen molar-refractivity contribution in [3.63, 3.8) is 0 Å². The summed E-state index contributed by atoms with van der Waals surface area (Å²) in [4.78, 5) is 5.21. The van der Waals surface area contributed by atoms with Crippen LogP contribution in [-0.2, 0) is 0 Å². The highest BCUT2D eigenvalue weighted by atomic mass is 32.2. The first-order valence-corrected chi connectivity index (χ1v) is 4.92. The highest BCUT2D eigenvalue weighted by Gasteiger charge is 1.94. The summed E-state index contributed by atoms with van der Waals surface area (Å²) in [6, 6.07) is 9.45. The molecule has 0 saturated heterocycles. The van der Waals surface area contributed by atoms with Gasteiger partial charge in [-0.3, -0.25) is 4.98 Å². The second kappa shape index (κ2) is 3.15. The van der Waals surface area contributed by atoms with Gasteiger partial charge in [0.1, 0.15) is 0 Å². The molecule has 2 rings (SSSR count). The van der Waals surface area contributed by atoms with Gasteiger partial charge in [-0.25, -0.2) is 0 Å². The molecule has 0 aliphatic carbocycles. The van der Waals surface area contributed by atoms with E-state index in [1.165, 1.54) is 5.39 Å². The lowest BCUT2D eigenvalue weighted by atomic mass is 10.2. The molecule has 1 nitrogen and oxygen atoms in total. The molecule has 0 aliphatic rings. The van der Waals surface area contributed by atoms with E-state index in [4.69, 9.17) is 0 Å². The highest BCUT2D eigenvalue weighted by molar-refractivity contribution is 7.98. The molecule has 1 radical (unpaired) electrons. The number of nitrogens with zero attached hydrogens (tertiary/aromatic N) is 1. The molecule has 0 N–H and O–H groups in total. The smallest absolute Gasteiger partial charge is 0.0353 e. The summed E-state index contributed by atoms with van der Waals surface area (Å²) >= 11 is 1.70. The summed E-state index contributed by atoms with van der Waals surface area (Å²) in [5.74, 6) is 0. The minimum Gasteiger partial charge on any atom is -0.264 e. The lowest BCUT2D eigenvalue weighted by Crippen LogP contribution is -1.76. The summed E-state index contributed by atoms with van der Waals surface area (Å²) in [5.41, 5.74) is 0. The van der Waals surface area contributed by atoms with E-state index in [9.17, 15) is 0 Å². The van der Waals surface area contributed by atoms with Crippen molar-refractivity contribution in [1.82, 2.24) is 4.98 Å². The third kappa shape index (κ3) is 1.30. The number of fused-ring (bicyclic) bond motifs is 1. The summed E-state index contributed by atoms with van der Waals surface area (Å²) < 4.78 is 0. The molecular formula is C10H8NS. The first-order valence-electron chi connectivity index (χ1n) is 3.70. The summed E-state index contributed by atoms with van der Waals surface area (Å²) in [6.45, 7) is 0. The molecule has 1 aromatic carbocycles. The fraction of sp³-hybridized carbons (Fsp3) is 0.100. The van der Waals surface area contributed by atoms with E-state index in [1.807, 2.05) is 18.5 Å². The van der Waals surface area contributed by atoms with Crippen molar-refractivity contribution in [2.45, 2.75) is 4.90 Å². The largest absolute Gasteiger partial charge is 0.264 e. The fourth-order valence-corrected chi connectivity index (χ4v) is 1.53. The van der Waals surface area contributed by atoms with Crippen LogP contribution in [-0.4, -0.2) is 11.2 Å². The minimum absolute atomic E-state index is 1.09. The van der Waals surface area contributed by atoms with Crippen LogP contribution in [0.1, 0.15) is 0 Å². The number of benzene rings is 1. The summed E-state index contributed by atoms with van der Waals surface area (Å²) in [5, 5.41) is 2.28. The Bertz CT molecular complexity index is 398. The Morgan fingerprint density at radius 3 is 3.08 bits per heavy atom. The van der Waals surface area contributed by atoms with Gasteiger partial charge in [0.15, 0.2) is 0 Å². The molecule has 0 unspecified atom stereocenters. The zero-order valence-electron chi connectivity index (χ0n) is 6.74. The molecule has 0 aliphatic heterocycles. The number of hydrogen-bond acceptors (Lipinski definition) is 2. The average Bonchev–Trinajstić information content (AvgIpc) is 2.17. The highest BCUT2D eigenvalue weighted by Crippen LogP contribution is 2.19. The van der Waals surface area contributed by atoms with Crippen molar-refractivity contribution in [3.05, 3.63) is 36.7 Å². The van der Waals surface area contributed by atoms with E-state index in [2.05, 4.69) is 23.2 Å². The van der Waals surface area contributed by atoms with Crippen LogP contribution in [0.5, 0.6) is 0 Å². The van der Waals surface area contributed by atoms with Gasteiger partial charge in [-0.2, -0.15) is 0 Å². The van der Waals surface area contributed by atoms with Gasteiger partial charge in [0.2, 0.25) is 0 Å². The van der Waals surface area contributed by atoms with Crippen LogP contribution in [0.3, 0.4) is 0 Å². The van der Waals surface area contributed by atoms with Crippen molar-refractivity contribution >= 4 is 22.5 Å². The quantitative estimate of drug-likeness (QED) is 0.616. The Balaban J connectivity index is 2.67. The first kappa shape index (κ1) is 7.62.